The molecule has 0 bridgehead atoms. The van der Waals surface area contributed by atoms with E-state index in [0.717, 1.165) is 56.2 Å². The highest BCUT2D eigenvalue weighted by Crippen LogP contribution is 2.34. The lowest BCUT2D eigenvalue weighted by Gasteiger charge is -2.03. The van der Waals surface area contributed by atoms with E-state index in [-0.39, 0.29) is 55.5 Å². The highest BCUT2D eigenvalue weighted by Gasteiger charge is 2.25. The number of allylic oxidation sites excluding steroid dienone is 2. The van der Waals surface area contributed by atoms with Crippen LogP contribution in [0.3, 0.4) is 0 Å². The van der Waals surface area contributed by atoms with Gasteiger partial charge in [0.1, 0.15) is 26.9 Å². The van der Waals surface area contributed by atoms with Crippen LogP contribution in [0.5, 0.6) is 0 Å². The van der Waals surface area contributed by atoms with Crippen LogP contribution in [-0.4, -0.2) is 49.8 Å². The SMILES string of the molecule is C=CCCCCc1cc(=O)oc2[nH]c(=O)[nH]c(=O)c12.C=CCCCc1cc(=O)oc2[nH]c(=O)[nH]c(=O)c12.O=c1[nH]c(=O)c2c(CC3CC3)cc(=O)oc2[nH]1.O=c1[nH]c(=O)c2c(CCC3CC3)cc(=O)oc2[nH]1.O=c1[nH]c(=O)c2c(Cc3cccs3)cc(=O)oc2[nH]1. The second-order valence-corrected chi connectivity index (χ2v) is 22.1. The third kappa shape index (κ3) is 16.8. The molecule has 2 aliphatic rings. The summed E-state index contributed by atoms with van der Waals surface area (Å²) in [5.41, 5.74) is -6.29. The van der Waals surface area contributed by atoms with E-state index in [0.29, 0.717) is 71.8 Å². The van der Waals surface area contributed by atoms with Gasteiger partial charge in [0.15, 0.2) is 0 Å². The average Bonchev–Trinajstić information content (AvgIpc) is 2.06. The molecule has 30 nitrogen and oxygen atoms in total. The molecule has 0 unspecified atom stereocenters. The monoisotopic (exact) mass is 1270 g/mol. The first kappa shape index (κ1) is 64.1. The fourth-order valence-corrected chi connectivity index (χ4v) is 10.6. The molecule has 2 saturated carbocycles. The van der Waals surface area contributed by atoms with Crippen molar-refractivity contribution >= 4 is 66.8 Å². The first-order valence-corrected chi connectivity index (χ1v) is 29.2. The molecule has 0 radical (unpaired) electrons. The molecule has 10 N–H and O–H groups in total. The normalized spacial score (nSPS) is 12.5. The number of aromatic amines is 10. The summed E-state index contributed by atoms with van der Waals surface area (Å²) in [4.78, 5) is 195. The number of hydrogen-bond donors (Lipinski definition) is 10. The van der Waals surface area contributed by atoms with Gasteiger partial charge in [-0.25, -0.2) is 47.9 Å². The Balaban J connectivity index is 0.000000135. The van der Waals surface area contributed by atoms with E-state index < -0.39 is 84.4 Å². The lowest BCUT2D eigenvalue weighted by atomic mass is 10.1. The topological polar surface area (TPSA) is 480 Å². The molecule has 0 spiro atoms. The molecule has 91 heavy (non-hydrogen) atoms. The lowest BCUT2D eigenvalue weighted by molar-refractivity contribution is 0.543. The molecule has 0 saturated heterocycles. The van der Waals surface area contributed by atoms with E-state index in [9.17, 15) is 71.9 Å². The van der Waals surface area contributed by atoms with Gasteiger partial charge in [0.2, 0.25) is 28.6 Å². The molecular formula is C60H56N10O20S. The minimum Gasteiger partial charge on any atom is -0.405 e. The van der Waals surface area contributed by atoms with Gasteiger partial charge in [-0.1, -0.05) is 31.1 Å². The lowest BCUT2D eigenvalue weighted by Crippen LogP contribution is -2.24. The molecule has 0 amide bonds. The number of aryl methyl sites for hydroxylation is 3. The summed E-state index contributed by atoms with van der Waals surface area (Å²) in [6.45, 7) is 7.24. The van der Waals surface area contributed by atoms with Gasteiger partial charge in [0.25, 0.3) is 27.8 Å². The number of hydrogen-bond acceptors (Lipinski definition) is 21. The van der Waals surface area contributed by atoms with Crippen molar-refractivity contribution in [3.05, 3.63) is 262 Å². The summed E-state index contributed by atoms with van der Waals surface area (Å²) in [7, 11) is 0. The highest BCUT2D eigenvalue weighted by molar-refractivity contribution is 7.09. The van der Waals surface area contributed by atoms with E-state index in [4.69, 9.17) is 22.1 Å². The van der Waals surface area contributed by atoms with Gasteiger partial charge in [-0.05, 0) is 128 Å². The maximum atomic E-state index is 11.8. The summed E-state index contributed by atoms with van der Waals surface area (Å²) >= 11 is 1.52. The van der Waals surface area contributed by atoms with Crippen LogP contribution in [0.4, 0.5) is 0 Å². The second-order valence-electron chi connectivity index (χ2n) is 21.1. The van der Waals surface area contributed by atoms with E-state index in [2.05, 4.69) is 63.0 Å². The Labute approximate surface area is 507 Å². The van der Waals surface area contributed by atoms with Crippen molar-refractivity contribution in [2.45, 2.75) is 96.3 Å². The van der Waals surface area contributed by atoms with Gasteiger partial charge in [-0.2, -0.15) is 0 Å². The highest BCUT2D eigenvalue weighted by atomic mass is 32.1. The number of thiophene rings is 1. The van der Waals surface area contributed by atoms with E-state index in [1.165, 1.54) is 54.5 Å². The van der Waals surface area contributed by atoms with Crippen molar-refractivity contribution in [2.75, 3.05) is 0 Å². The van der Waals surface area contributed by atoms with Gasteiger partial charge >= 0.3 is 56.6 Å². The predicted molar refractivity (Wildman–Crippen MR) is 334 cm³/mol. The Morgan fingerprint density at radius 2 is 0.725 bits per heavy atom. The maximum Gasteiger partial charge on any atom is 0.337 e. The van der Waals surface area contributed by atoms with Gasteiger partial charge < -0.3 is 22.1 Å². The number of aromatic nitrogens is 10. The molecule has 0 aliphatic heterocycles. The van der Waals surface area contributed by atoms with E-state index in [1.54, 1.807) is 6.08 Å². The molecule has 0 aromatic carbocycles. The van der Waals surface area contributed by atoms with E-state index >= 15 is 0 Å². The van der Waals surface area contributed by atoms with Crippen molar-refractivity contribution in [1.82, 2.24) is 49.8 Å². The smallest absolute Gasteiger partial charge is 0.337 e. The molecule has 0 atom stereocenters. The minimum absolute atomic E-state index is 0.0398. The van der Waals surface area contributed by atoms with Crippen LogP contribution < -0.4 is 84.4 Å². The molecule has 31 heteroatoms. The van der Waals surface area contributed by atoms with Crippen LogP contribution in [-0.2, 0) is 32.1 Å². The fraction of sp³-hybridized carbons (Fsp3) is 0.283. The number of H-pyrrole nitrogens is 10. The third-order valence-corrected chi connectivity index (χ3v) is 15.1. The summed E-state index contributed by atoms with van der Waals surface area (Å²) in [5.74, 6) is 1.24. The standard InChI is InChI=1S/C13H14N2O4.C12H8N2O4S.2C12H12N2O4.C11H10N2O4/c1-2-3-4-5-6-8-7-9(16)19-12-10(8)11(17)14-13(18)15-12;15-8-5-6(4-7-2-1-3-19-7)9-10(16)13-12(17)14-11(9)18-8;15-8-5-7(4-3-6-1-2-6)9-10(16)13-12(17)14-11(9)18-8;1-2-3-4-5-7-6-8(15)18-11-9(7)10(16)13-12(17)14-11;14-7-4-6(3-5-1-2-5)8-9(15)12-11(16)13-10(8)17-7/h2,7H,1,3-6H2,(H2,14,15,17,18);1-3,5H,4H2,(H2,13,14,16,17);5-6H,1-4H2,(H2,13,14,16,17);2,6H,1,3-5H2,(H2,13,14,16,17);4-5H,1-3H2,(H2,12,13,15,16). The van der Waals surface area contributed by atoms with Crippen molar-refractivity contribution in [3.8, 4) is 0 Å². The van der Waals surface area contributed by atoms with Crippen LogP contribution in [0.15, 0.2) is 167 Å². The van der Waals surface area contributed by atoms with Gasteiger partial charge in [0.05, 0.1) is 0 Å². The first-order valence-electron chi connectivity index (χ1n) is 28.3. The quantitative estimate of drug-likeness (QED) is 0.0490. The Hall–Kier alpha value is -11.4. The number of unbranched alkanes of at least 4 members (excludes halogenated alkanes) is 3. The van der Waals surface area contributed by atoms with Crippen LogP contribution in [0.25, 0.3) is 55.5 Å². The summed E-state index contributed by atoms with van der Waals surface area (Å²) in [6.07, 6.45) is 16.3. The Morgan fingerprint density at radius 1 is 0.396 bits per heavy atom. The second kappa shape index (κ2) is 28.6. The molecule has 2 aliphatic carbocycles. The van der Waals surface area contributed by atoms with E-state index in [1.807, 2.05) is 23.6 Å². The number of rotatable bonds is 16. The fourth-order valence-electron chi connectivity index (χ4n) is 9.82. The minimum atomic E-state index is -0.700. The molecule has 11 aromatic rings. The molecule has 472 valence electrons. The summed E-state index contributed by atoms with van der Waals surface area (Å²) < 4.78 is 24.2. The Kier molecular flexibility index (Phi) is 20.2. The maximum absolute atomic E-state index is 11.8. The zero-order valence-corrected chi connectivity index (χ0v) is 48.8. The van der Waals surface area contributed by atoms with Gasteiger partial charge in [0, 0.05) is 41.6 Å². The summed E-state index contributed by atoms with van der Waals surface area (Å²) in [5, 5.41) is 3.12. The Bertz CT molecular complexity index is 5490. The zero-order valence-electron chi connectivity index (χ0n) is 48.0. The van der Waals surface area contributed by atoms with Crippen LogP contribution in [0, 0.1) is 11.8 Å². The first-order chi connectivity index (χ1) is 43.6. The van der Waals surface area contributed by atoms with Crippen LogP contribution >= 0.6 is 11.3 Å². The average molecular weight is 1270 g/mol. The molecule has 11 aromatic heterocycles. The van der Waals surface area contributed by atoms with Crippen LogP contribution in [0.2, 0.25) is 0 Å². The largest absolute Gasteiger partial charge is 0.405 e. The van der Waals surface area contributed by atoms with Crippen molar-refractivity contribution in [2.24, 2.45) is 11.8 Å². The zero-order chi connectivity index (χ0) is 65.0. The number of nitrogens with one attached hydrogen (secondary N) is 10. The van der Waals surface area contributed by atoms with Crippen LogP contribution in [0.1, 0.15) is 96.9 Å². The predicted octanol–water partition coefficient (Wildman–Crippen LogP) is 3.20. The van der Waals surface area contributed by atoms with Crippen molar-refractivity contribution in [1.29, 1.82) is 0 Å². The molecule has 2 fully saturated rings. The molecule has 11 heterocycles. The van der Waals surface area contributed by atoms with Gasteiger partial charge in [-0.15, -0.1) is 24.5 Å². The van der Waals surface area contributed by atoms with Crippen molar-refractivity contribution < 1.29 is 22.1 Å². The molecular weight excluding hydrogens is 1210 g/mol. The summed E-state index contributed by atoms with van der Waals surface area (Å²) in [6, 6.07) is 10.3. The Morgan fingerprint density at radius 3 is 1.09 bits per heavy atom. The van der Waals surface area contributed by atoms with Gasteiger partial charge in [-0.3, -0.25) is 73.8 Å². The number of fused-ring (bicyclic) bond motifs is 5. The third-order valence-electron chi connectivity index (χ3n) is 14.2. The van der Waals surface area contributed by atoms with Crippen molar-refractivity contribution in [3.63, 3.8) is 0 Å². The molecule has 13 rings (SSSR count).